The monoisotopic (exact) mass is 440 g/mol. The second kappa shape index (κ2) is 9.57. The summed E-state index contributed by atoms with van der Waals surface area (Å²) in [6.07, 6.45) is 2.10. The summed E-state index contributed by atoms with van der Waals surface area (Å²) < 4.78 is 0. The Morgan fingerprint density at radius 2 is 1.73 bits per heavy atom. The van der Waals surface area contributed by atoms with Crippen LogP contribution in [0.15, 0.2) is 72.8 Å². The molecule has 6 heteroatoms. The third-order valence-electron chi connectivity index (χ3n) is 6.39. The highest BCUT2D eigenvalue weighted by Crippen LogP contribution is 2.23. The number of aromatic nitrogens is 2. The summed E-state index contributed by atoms with van der Waals surface area (Å²) >= 11 is 0. The Kier molecular flexibility index (Phi) is 6.19. The number of imidazole rings is 1. The third kappa shape index (κ3) is 4.97. The van der Waals surface area contributed by atoms with E-state index in [2.05, 4.69) is 20.2 Å². The molecule has 3 aromatic carbocycles. The van der Waals surface area contributed by atoms with E-state index in [0.717, 1.165) is 60.6 Å². The number of likely N-dealkylation sites (tertiary alicyclic amines) is 1. The zero-order chi connectivity index (χ0) is 22.6. The van der Waals surface area contributed by atoms with Crippen LogP contribution >= 0.6 is 0 Å². The molecular weight excluding hydrogens is 412 g/mol. The number of anilines is 1. The molecule has 0 bridgehead atoms. The first-order valence-corrected chi connectivity index (χ1v) is 11.5. The van der Waals surface area contributed by atoms with Gasteiger partial charge < -0.3 is 15.4 Å². The summed E-state index contributed by atoms with van der Waals surface area (Å²) in [5.74, 6) is 1.13. The van der Waals surface area contributed by atoms with Crippen LogP contribution in [0.4, 0.5) is 5.69 Å². The molecule has 1 aliphatic heterocycles. The quantitative estimate of drug-likeness (QED) is 0.406. The van der Waals surface area contributed by atoms with E-state index in [1.165, 1.54) is 5.56 Å². The standard InChI is InChI=1S/C27H28N4O2/c32-18-20-13-15-31(16-14-20)17-19-5-7-22(8-6-19)27(33)28-23-11-9-21(10-12-23)26-29-24-3-1-2-4-25(24)30-26/h1-12,20,32H,13-18H2,(H,28,33)(H,29,30). The minimum Gasteiger partial charge on any atom is -0.396 e. The molecule has 0 spiro atoms. The lowest BCUT2D eigenvalue weighted by Crippen LogP contribution is -2.34. The number of aromatic amines is 1. The average molecular weight is 441 g/mol. The number of nitrogens with zero attached hydrogens (tertiary/aromatic N) is 2. The van der Waals surface area contributed by atoms with Gasteiger partial charge in [0.05, 0.1) is 11.0 Å². The normalized spacial score (nSPS) is 15.1. The number of hydrogen-bond acceptors (Lipinski definition) is 4. The van der Waals surface area contributed by atoms with Gasteiger partial charge in [-0.05, 0) is 85.9 Å². The van der Waals surface area contributed by atoms with Gasteiger partial charge in [0.15, 0.2) is 0 Å². The Bertz CT molecular complexity index is 1190. The van der Waals surface area contributed by atoms with Crippen molar-refractivity contribution in [2.24, 2.45) is 5.92 Å². The number of nitrogens with one attached hydrogen (secondary N) is 2. The van der Waals surface area contributed by atoms with Crippen molar-refractivity contribution < 1.29 is 9.90 Å². The number of para-hydroxylation sites is 2. The zero-order valence-corrected chi connectivity index (χ0v) is 18.5. The first-order chi connectivity index (χ1) is 16.2. The van der Waals surface area contributed by atoms with Crippen molar-refractivity contribution in [2.45, 2.75) is 19.4 Å². The van der Waals surface area contributed by atoms with Crippen LogP contribution in [0.3, 0.4) is 0 Å². The number of amides is 1. The Labute approximate surface area is 193 Å². The SMILES string of the molecule is O=C(Nc1ccc(-c2nc3ccccc3[nH]2)cc1)c1ccc(CN2CCC(CO)CC2)cc1. The van der Waals surface area contributed by atoms with E-state index in [0.29, 0.717) is 18.1 Å². The first-order valence-electron chi connectivity index (χ1n) is 11.5. The molecule has 0 atom stereocenters. The second-order valence-corrected chi connectivity index (χ2v) is 8.73. The smallest absolute Gasteiger partial charge is 0.255 e. The van der Waals surface area contributed by atoms with Crippen LogP contribution in [0.1, 0.15) is 28.8 Å². The summed E-state index contributed by atoms with van der Waals surface area (Å²) in [7, 11) is 0. The van der Waals surface area contributed by atoms with Gasteiger partial charge in [-0.15, -0.1) is 0 Å². The van der Waals surface area contributed by atoms with Gasteiger partial charge in [0.1, 0.15) is 5.82 Å². The van der Waals surface area contributed by atoms with Gasteiger partial charge >= 0.3 is 0 Å². The number of fused-ring (bicyclic) bond motifs is 1. The maximum absolute atomic E-state index is 12.7. The molecule has 168 valence electrons. The molecule has 6 nitrogen and oxygen atoms in total. The van der Waals surface area contributed by atoms with Gasteiger partial charge in [0.25, 0.3) is 5.91 Å². The second-order valence-electron chi connectivity index (χ2n) is 8.73. The van der Waals surface area contributed by atoms with Crippen LogP contribution in [0.2, 0.25) is 0 Å². The van der Waals surface area contributed by atoms with E-state index < -0.39 is 0 Å². The molecule has 3 N–H and O–H groups in total. The Morgan fingerprint density at radius 3 is 2.42 bits per heavy atom. The molecule has 1 fully saturated rings. The van der Waals surface area contributed by atoms with Gasteiger partial charge in [0, 0.05) is 30.0 Å². The van der Waals surface area contributed by atoms with E-state index >= 15 is 0 Å². The van der Waals surface area contributed by atoms with Crippen molar-refractivity contribution >= 4 is 22.6 Å². The van der Waals surface area contributed by atoms with Gasteiger partial charge in [-0.2, -0.15) is 0 Å². The lowest BCUT2D eigenvalue weighted by atomic mass is 9.97. The number of hydrogen-bond donors (Lipinski definition) is 3. The van der Waals surface area contributed by atoms with E-state index in [1.54, 1.807) is 0 Å². The van der Waals surface area contributed by atoms with E-state index in [1.807, 2.05) is 72.8 Å². The largest absolute Gasteiger partial charge is 0.396 e. The van der Waals surface area contributed by atoms with Crippen molar-refractivity contribution in [2.75, 3.05) is 25.0 Å². The molecule has 0 unspecified atom stereocenters. The molecular formula is C27H28N4O2. The summed E-state index contributed by atoms with van der Waals surface area (Å²) in [6.45, 7) is 3.19. The number of carbonyl (C=O) groups is 1. The maximum Gasteiger partial charge on any atom is 0.255 e. The minimum atomic E-state index is -0.123. The van der Waals surface area contributed by atoms with E-state index in [-0.39, 0.29) is 5.91 Å². The summed E-state index contributed by atoms with van der Waals surface area (Å²) in [6, 6.07) is 23.5. The van der Waals surface area contributed by atoms with E-state index in [9.17, 15) is 9.90 Å². The van der Waals surface area contributed by atoms with Crippen molar-refractivity contribution in [3.05, 3.63) is 83.9 Å². The highest BCUT2D eigenvalue weighted by molar-refractivity contribution is 6.04. The Balaban J connectivity index is 1.19. The van der Waals surface area contributed by atoms with Gasteiger partial charge in [0.2, 0.25) is 0 Å². The Hall–Kier alpha value is -3.48. The molecule has 0 saturated carbocycles. The van der Waals surface area contributed by atoms with E-state index in [4.69, 9.17) is 0 Å². The summed E-state index contributed by atoms with van der Waals surface area (Å²) in [4.78, 5) is 23.0. The predicted molar refractivity (Wildman–Crippen MR) is 131 cm³/mol. The number of aliphatic hydroxyl groups excluding tert-OH is 1. The number of benzene rings is 3. The molecule has 0 aliphatic carbocycles. The lowest BCUT2D eigenvalue weighted by Gasteiger charge is -2.31. The fourth-order valence-corrected chi connectivity index (χ4v) is 4.35. The van der Waals surface area contributed by atoms with Crippen LogP contribution in [0, 0.1) is 5.92 Å². The van der Waals surface area contributed by atoms with Crippen molar-refractivity contribution in [1.29, 1.82) is 0 Å². The van der Waals surface area contributed by atoms with Crippen LogP contribution in [0.5, 0.6) is 0 Å². The zero-order valence-electron chi connectivity index (χ0n) is 18.5. The number of H-pyrrole nitrogens is 1. The van der Waals surface area contributed by atoms with Gasteiger partial charge in [-0.1, -0.05) is 24.3 Å². The highest BCUT2D eigenvalue weighted by Gasteiger charge is 2.18. The average Bonchev–Trinajstić information content (AvgIpc) is 3.30. The van der Waals surface area contributed by atoms with Gasteiger partial charge in [-0.3, -0.25) is 9.69 Å². The molecule has 2 heterocycles. The molecule has 5 rings (SSSR count). The fourth-order valence-electron chi connectivity index (χ4n) is 4.35. The van der Waals surface area contributed by atoms with Crippen LogP contribution in [-0.4, -0.2) is 45.6 Å². The Morgan fingerprint density at radius 1 is 1.00 bits per heavy atom. The highest BCUT2D eigenvalue weighted by atomic mass is 16.3. The topological polar surface area (TPSA) is 81.2 Å². The minimum absolute atomic E-state index is 0.123. The molecule has 33 heavy (non-hydrogen) atoms. The molecule has 1 aromatic heterocycles. The first kappa shape index (κ1) is 21.4. The molecule has 1 amide bonds. The number of carbonyl (C=O) groups excluding carboxylic acids is 1. The lowest BCUT2D eigenvalue weighted by molar-refractivity contribution is 0.102. The van der Waals surface area contributed by atoms with Crippen LogP contribution < -0.4 is 5.32 Å². The van der Waals surface area contributed by atoms with Crippen LogP contribution in [-0.2, 0) is 6.54 Å². The number of aliphatic hydroxyl groups is 1. The maximum atomic E-state index is 12.7. The van der Waals surface area contributed by atoms with Gasteiger partial charge in [-0.25, -0.2) is 4.98 Å². The summed E-state index contributed by atoms with van der Waals surface area (Å²) in [5, 5.41) is 12.3. The van der Waals surface area contributed by atoms with Crippen LogP contribution in [0.25, 0.3) is 22.4 Å². The van der Waals surface area contributed by atoms with Crippen molar-refractivity contribution in [3.63, 3.8) is 0 Å². The third-order valence-corrected chi connectivity index (χ3v) is 6.39. The fraction of sp³-hybridized carbons (Fsp3) is 0.259. The molecule has 1 aliphatic rings. The summed E-state index contributed by atoms with van der Waals surface area (Å²) in [5.41, 5.74) is 5.49. The predicted octanol–water partition coefficient (Wildman–Crippen LogP) is 4.69. The number of piperidine rings is 1. The molecule has 4 aromatic rings. The molecule has 0 radical (unpaired) electrons. The van der Waals surface area contributed by atoms with Crippen molar-refractivity contribution in [3.8, 4) is 11.4 Å². The van der Waals surface area contributed by atoms with Crippen molar-refractivity contribution in [1.82, 2.24) is 14.9 Å². The molecule has 1 saturated heterocycles. The number of rotatable bonds is 6.